The molecule has 0 bridgehead atoms. The smallest absolute Gasteiger partial charge is 0.258 e. The molecular formula is C14H10Cl2N4O. The Morgan fingerprint density at radius 2 is 1.86 bits per heavy atom. The minimum absolute atomic E-state index is 0.303. The molecule has 2 N–H and O–H groups in total. The molecule has 0 saturated carbocycles. The van der Waals surface area contributed by atoms with E-state index in [1.807, 2.05) is 19.1 Å². The summed E-state index contributed by atoms with van der Waals surface area (Å²) in [4.78, 5) is 8.51. The topological polar surface area (TPSA) is 77.8 Å². The standard InChI is InChI=1S/C14H10Cl2N4O/c1-7-2-3-18-11(4-7)13-19-14(21-20-13)8-5-9(15)12(17)10(16)6-8/h2-6H,17H2,1H3. The van der Waals surface area contributed by atoms with Crippen molar-refractivity contribution in [3.8, 4) is 23.0 Å². The Labute approximate surface area is 130 Å². The summed E-state index contributed by atoms with van der Waals surface area (Å²) in [7, 11) is 0. The Balaban J connectivity index is 2.02. The molecule has 0 radical (unpaired) electrons. The Bertz CT molecular complexity index is 793. The fourth-order valence-corrected chi connectivity index (χ4v) is 2.30. The Hall–Kier alpha value is -2.11. The number of halogens is 2. The quantitative estimate of drug-likeness (QED) is 0.722. The Morgan fingerprint density at radius 1 is 1.14 bits per heavy atom. The molecule has 1 aromatic carbocycles. The summed E-state index contributed by atoms with van der Waals surface area (Å²) in [5, 5.41) is 4.60. The van der Waals surface area contributed by atoms with Crippen LogP contribution in [-0.4, -0.2) is 15.1 Å². The third-order valence-electron chi connectivity index (χ3n) is 2.90. The van der Waals surface area contributed by atoms with E-state index >= 15 is 0 Å². The van der Waals surface area contributed by atoms with Gasteiger partial charge >= 0.3 is 0 Å². The van der Waals surface area contributed by atoms with E-state index in [0.717, 1.165) is 5.56 Å². The first-order valence-corrected chi connectivity index (χ1v) is 6.82. The van der Waals surface area contributed by atoms with Crippen molar-refractivity contribution in [2.24, 2.45) is 0 Å². The molecule has 7 heteroatoms. The fourth-order valence-electron chi connectivity index (χ4n) is 1.81. The van der Waals surface area contributed by atoms with Crippen molar-refractivity contribution in [1.82, 2.24) is 15.1 Å². The van der Waals surface area contributed by atoms with E-state index in [1.165, 1.54) is 0 Å². The van der Waals surface area contributed by atoms with Gasteiger partial charge in [-0.25, -0.2) is 0 Å². The number of aryl methyl sites for hydroxylation is 1. The Kier molecular flexibility index (Phi) is 3.53. The number of nitrogens with zero attached hydrogens (tertiary/aromatic N) is 3. The lowest BCUT2D eigenvalue weighted by atomic mass is 10.2. The number of pyridine rings is 1. The molecule has 0 aliphatic rings. The lowest BCUT2D eigenvalue weighted by Crippen LogP contribution is -1.89. The second-order valence-corrected chi connectivity index (χ2v) is 5.31. The largest absolute Gasteiger partial charge is 0.396 e. The maximum atomic E-state index is 6.00. The number of hydrogen-bond acceptors (Lipinski definition) is 5. The van der Waals surface area contributed by atoms with Crippen LogP contribution in [0.15, 0.2) is 35.0 Å². The maximum absolute atomic E-state index is 6.00. The monoisotopic (exact) mass is 320 g/mol. The third kappa shape index (κ3) is 2.70. The van der Waals surface area contributed by atoms with Gasteiger partial charge in [-0.3, -0.25) is 4.98 Å². The molecule has 106 valence electrons. The zero-order valence-electron chi connectivity index (χ0n) is 11.0. The second-order valence-electron chi connectivity index (χ2n) is 4.50. The van der Waals surface area contributed by atoms with E-state index in [2.05, 4.69) is 15.1 Å². The molecule has 5 nitrogen and oxygen atoms in total. The lowest BCUT2D eigenvalue weighted by Gasteiger charge is -2.02. The highest BCUT2D eigenvalue weighted by Gasteiger charge is 2.14. The van der Waals surface area contributed by atoms with Gasteiger partial charge in [-0.05, 0) is 36.8 Å². The van der Waals surface area contributed by atoms with Crippen LogP contribution in [0.1, 0.15) is 5.56 Å². The molecule has 0 aliphatic heterocycles. The van der Waals surface area contributed by atoms with Crippen molar-refractivity contribution in [3.63, 3.8) is 0 Å². The molecule has 0 aliphatic carbocycles. The highest BCUT2D eigenvalue weighted by Crippen LogP contribution is 2.33. The first kappa shape index (κ1) is 13.9. The van der Waals surface area contributed by atoms with Gasteiger partial charge in [0, 0.05) is 11.8 Å². The van der Waals surface area contributed by atoms with Crippen LogP contribution < -0.4 is 5.73 Å². The summed E-state index contributed by atoms with van der Waals surface area (Å²) in [5.41, 5.74) is 8.32. The van der Waals surface area contributed by atoms with Crippen molar-refractivity contribution in [2.75, 3.05) is 5.73 Å². The first-order chi connectivity index (χ1) is 10.0. The van der Waals surface area contributed by atoms with Crippen molar-refractivity contribution in [1.29, 1.82) is 0 Å². The summed E-state index contributed by atoms with van der Waals surface area (Å²) in [6.07, 6.45) is 1.69. The fraction of sp³-hybridized carbons (Fsp3) is 0.0714. The van der Waals surface area contributed by atoms with Crippen LogP contribution in [0.4, 0.5) is 5.69 Å². The van der Waals surface area contributed by atoms with Crippen molar-refractivity contribution in [2.45, 2.75) is 6.92 Å². The van der Waals surface area contributed by atoms with Crippen LogP contribution in [0.25, 0.3) is 23.0 Å². The average molecular weight is 321 g/mol. The van der Waals surface area contributed by atoms with Gasteiger partial charge in [0.1, 0.15) is 5.69 Å². The van der Waals surface area contributed by atoms with E-state index in [4.69, 9.17) is 33.5 Å². The summed E-state index contributed by atoms with van der Waals surface area (Å²) in [6, 6.07) is 7.02. The van der Waals surface area contributed by atoms with Crippen molar-refractivity contribution >= 4 is 28.9 Å². The molecule has 3 aromatic rings. The number of nitrogens with two attached hydrogens (primary N) is 1. The second kappa shape index (κ2) is 5.35. The van der Waals surface area contributed by atoms with Crippen LogP contribution in [-0.2, 0) is 0 Å². The van der Waals surface area contributed by atoms with Crippen molar-refractivity contribution < 1.29 is 4.52 Å². The van der Waals surface area contributed by atoms with Crippen LogP contribution in [0.5, 0.6) is 0 Å². The van der Waals surface area contributed by atoms with E-state index in [0.29, 0.717) is 38.7 Å². The molecule has 2 aromatic heterocycles. The normalized spacial score (nSPS) is 10.8. The molecule has 3 rings (SSSR count). The number of nitrogen functional groups attached to an aromatic ring is 1. The van der Waals surface area contributed by atoms with Crippen LogP contribution in [0.3, 0.4) is 0 Å². The summed E-state index contributed by atoms with van der Waals surface area (Å²) >= 11 is 12.0. The van der Waals surface area contributed by atoms with E-state index in [-0.39, 0.29) is 0 Å². The highest BCUT2D eigenvalue weighted by atomic mass is 35.5. The van der Waals surface area contributed by atoms with Gasteiger partial charge < -0.3 is 10.3 Å². The SMILES string of the molecule is Cc1ccnc(-c2noc(-c3cc(Cl)c(N)c(Cl)c3)n2)c1. The minimum atomic E-state index is 0.303. The molecule has 0 unspecified atom stereocenters. The summed E-state index contributed by atoms with van der Waals surface area (Å²) in [5.74, 6) is 0.704. The number of anilines is 1. The van der Waals surface area contributed by atoms with Crippen molar-refractivity contribution in [3.05, 3.63) is 46.1 Å². The number of benzene rings is 1. The molecule has 0 fully saturated rings. The summed E-state index contributed by atoms with van der Waals surface area (Å²) < 4.78 is 5.24. The van der Waals surface area contributed by atoms with Crippen LogP contribution >= 0.6 is 23.2 Å². The molecular weight excluding hydrogens is 311 g/mol. The maximum Gasteiger partial charge on any atom is 0.258 e. The van der Waals surface area contributed by atoms with E-state index in [9.17, 15) is 0 Å². The van der Waals surface area contributed by atoms with Gasteiger partial charge in [0.2, 0.25) is 5.82 Å². The molecule has 21 heavy (non-hydrogen) atoms. The van der Waals surface area contributed by atoms with Gasteiger partial charge in [0.25, 0.3) is 5.89 Å². The number of rotatable bonds is 2. The minimum Gasteiger partial charge on any atom is -0.396 e. The van der Waals surface area contributed by atoms with E-state index < -0.39 is 0 Å². The first-order valence-electron chi connectivity index (χ1n) is 6.06. The predicted octanol–water partition coefficient (Wildman–Crippen LogP) is 4.00. The zero-order chi connectivity index (χ0) is 15.0. The molecule has 2 heterocycles. The number of aromatic nitrogens is 3. The highest BCUT2D eigenvalue weighted by molar-refractivity contribution is 6.39. The number of hydrogen-bond donors (Lipinski definition) is 1. The van der Waals surface area contributed by atoms with Crippen LogP contribution in [0.2, 0.25) is 10.0 Å². The molecule has 0 spiro atoms. The van der Waals surface area contributed by atoms with Gasteiger partial charge in [-0.1, -0.05) is 28.4 Å². The summed E-state index contributed by atoms with van der Waals surface area (Å²) in [6.45, 7) is 1.96. The zero-order valence-corrected chi connectivity index (χ0v) is 12.5. The predicted molar refractivity (Wildman–Crippen MR) is 82.1 cm³/mol. The average Bonchev–Trinajstić information content (AvgIpc) is 2.94. The Morgan fingerprint density at radius 3 is 2.52 bits per heavy atom. The van der Waals surface area contributed by atoms with Gasteiger partial charge in [0.15, 0.2) is 0 Å². The lowest BCUT2D eigenvalue weighted by molar-refractivity contribution is 0.432. The van der Waals surface area contributed by atoms with Gasteiger partial charge in [-0.15, -0.1) is 0 Å². The third-order valence-corrected chi connectivity index (χ3v) is 3.52. The van der Waals surface area contributed by atoms with E-state index in [1.54, 1.807) is 18.3 Å². The van der Waals surface area contributed by atoms with Gasteiger partial charge in [0.05, 0.1) is 15.7 Å². The molecule has 0 saturated heterocycles. The van der Waals surface area contributed by atoms with Gasteiger partial charge in [-0.2, -0.15) is 4.98 Å². The molecule has 0 atom stereocenters. The molecule has 0 amide bonds. The van der Waals surface area contributed by atoms with Crippen LogP contribution in [0, 0.1) is 6.92 Å².